The molecule has 1 aromatic heterocycles. The minimum atomic E-state index is -1.32. The number of methoxy groups -OCH3 is 1. The number of imide groups is 1. The lowest BCUT2D eigenvalue weighted by atomic mass is 9.87. The molecule has 5 rings (SSSR count). The Morgan fingerprint density at radius 1 is 1.23 bits per heavy atom. The molecule has 10 heteroatoms. The van der Waals surface area contributed by atoms with Gasteiger partial charge in [-0.25, -0.2) is 9.69 Å². The largest absolute Gasteiger partial charge is 0.497 e. The molecule has 1 saturated heterocycles. The first-order valence-electron chi connectivity index (χ1n) is 9.56. The van der Waals surface area contributed by atoms with Gasteiger partial charge in [-0.3, -0.25) is 14.9 Å². The maximum absolute atomic E-state index is 13.8. The first kappa shape index (κ1) is 19.0. The van der Waals surface area contributed by atoms with E-state index >= 15 is 0 Å². The number of halogens is 1. The van der Waals surface area contributed by atoms with Gasteiger partial charge in [-0.1, -0.05) is 0 Å². The van der Waals surface area contributed by atoms with Gasteiger partial charge in [-0.2, -0.15) is 4.39 Å². The fourth-order valence-corrected chi connectivity index (χ4v) is 4.55. The lowest BCUT2D eigenvalue weighted by Gasteiger charge is -2.35. The van der Waals surface area contributed by atoms with Crippen molar-refractivity contribution < 1.29 is 23.6 Å². The molecule has 0 bridgehead atoms. The number of benzene rings is 2. The lowest BCUT2D eigenvalue weighted by molar-refractivity contribution is -0.387. The van der Waals surface area contributed by atoms with E-state index in [4.69, 9.17) is 4.74 Å². The van der Waals surface area contributed by atoms with Crippen molar-refractivity contribution >= 4 is 34.2 Å². The van der Waals surface area contributed by atoms with E-state index < -0.39 is 33.9 Å². The summed E-state index contributed by atoms with van der Waals surface area (Å²) in [6, 6.07) is 7.91. The van der Waals surface area contributed by atoms with Crippen molar-refractivity contribution in [3.05, 3.63) is 63.6 Å². The standard InChI is InChI=1S/C21H17FN4O5/c1-21-18-13(14-10-12(31-2)4-6-16(14)23-18)7-8-24(21)20(28)25(19(21)27)11-3-5-15(22)17(9-11)26(29)30/h3-6,9-10,23H,7-8H2,1-2H3/t21-/m1/s1. The summed E-state index contributed by atoms with van der Waals surface area (Å²) in [6.45, 7) is 1.94. The Balaban J connectivity index is 1.66. The number of rotatable bonds is 3. The number of nitrogens with one attached hydrogen (secondary N) is 1. The third-order valence-corrected chi connectivity index (χ3v) is 6.15. The van der Waals surface area contributed by atoms with Crippen molar-refractivity contribution in [1.29, 1.82) is 0 Å². The molecule has 9 nitrogen and oxygen atoms in total. The Bertz CT molecular complexity index is 1300. The molecule has 0 spiro atoms. The van der Waals surface area contributed by atoms with E-state index in [1.165, 1.54) is 11.0 Å². The summed E-state index contributed by atoms with van der Waals surface area (Å²) in [6.07, 6.45) is 0.522. The van der Waals surface area contributed by atoms with Crippen LogP contribution in [0.1, 0.15) is 18.2 Å². The minimum Gasteiger partial charge on any atom is -0.497 e. The zero-order valence-corrected chi connectivity index (χ0v) is 16.6. The molecule has 2 aromatic carbocycles. The third-order valence-electron chi connectivity index (χ3n) is 6.15. The molecule has 3 heterocycles. The molecule has 2 aliphatic heterocycles. The van der Waals surface area contributed by atoms with Gasteiger partial charge in [0.1, 0.15) is 5.75 Å². The fourth-order valence-electron chi connectivity index (χ4n) is 4.55. The van der Waals surface area contributed by atoms with Crippen LogP contribution in [-0.2, 0) is 16.8 Å². The maximum Gasteiger partial charge on any atom is 0.332 e. The number of ether oxygens (including phenoxy) is 1. The highest BCUT2D eigenvalue weighted by Crippen LogP contribution is 2.46. The smallest absolute Gasteiger partial charge is 0.332 e. The van der Waals surface area contributed by atoms with E-state index in [9.17, 15) is 24.1 Å². The molecule has 31 heavy (non-hydrogen) atoms. The van der Waals surface area contributed by atoms with Crippen molar-refractivity contribution in [2.75, 3.05) is 18.6 Å². The van der Waals surface area contributed by atoms with Crippen molar-refractivity contribution in [3.8, 4) is 5.75 Å². The van der Waals surface area contributed by atoms with Gasteiger partial charge < -0.3 is 14.6 Å². The molecule has 1 fully saturated rings. The topological polar surface area (TPSA) is 109 Å². The Labute approximate surface area is 175 Å². The first-order chi connectivity index (χ1) is 14.8. The molecule has 3 aromatic rings. The number of aromatic nitrogens is 1. The molecule has 0 unspecified atom stereocenters. The zero-order chi connectivity index (χ0) is 22.1. The number of hydrogen-bond donors (Lipinski definition) is 1. The molecule has 0 aliphatic carbocycles. The molecule has 0 radical (unpaired) electrons. The van der Waals surface area contributed by atoms with Crippen LogP contribution < -0.4 is 9.64 Å². The number of aromatic amines is 1. The Hall–Kier alpha value is -3.95. The second kappa shape index (κ2) is 6.27. The number of nitro groups is 1. The fraction of sp³-hybridized carbons (Fsp3) is 0.238. The first-order valence-corrected chi connectivity index (χ1v) is 9.56. The highest BCUT2D eigenvalue weighted by molar-refractivity contribution is 6.23. The molecule has 3 amide bonds. The van der Waals surface area contributed by atoms with Gasteiger partial charge in [0.05, 0.1) is 23.4 Å². The van der Waals surface area contributed by atoms with Gasteiger partial charge in [0.25, 0.3) is 5.91 Å². The molecular formula is C21H17FN4O5. The average molecular weight is 424 g/mol. The van der Waals surface area contributed by atoms with Gasteiger partial charge >= 0.3 is 11.7 Å². The summed E-state index contributed by atoms with van der Waals surface area (Å²) < 4.78 is 19.1. The minimum absolute atomic E-state index is 0.0435. The Morgan fingerprint density at radius 2 is 2.00 bits per heavy atom. The number of amides is 3. The van der Waals surface area contributed by atoms with Gasteiger partial charge in [-0.15, -0.1) is 0 Å². The monoisotopic (exact) mass is 424 g/mol. The van der Waals surface area contributed by atoms with Crippen LogP contribution >= 0.6 is 0 Å². The van der Waals surface area contributed by atoms with E-state index in [0.717, 1.165) is 33.5 Å². The van der Waals surface area contributed by atoms with Crippen molar-refractivity contribution in [2.45, 2.75) is 18.9 Å². The number of anilines is 1. The van der Waals surface area contributed by atoms with Gasteiger partial charge in [0.15, 0.2) is 5.54 Å². The average Bonchev–Trinajstić information content (AvgIpc) is 3.22. The van der Waals surface area contributed by atoms with Crippen LogP contribution in [0.3, 0.4) is 0 Å². The number of carbonyl (C=O) groups is 2. The highest BCUT2D eigenvalue weighted by Gasteiger charge is 2.59. The zero-order valence-electron chi connectivity index (χ0n) is 16.6. The number of fused-ring (bicyclic) bond motifs is 5. The number of nitrogens with zero attached hydrogens (tertiary/aromatic N) is 3. The van der Waals surface area contributed by atoms with Crippen molar-refractivity contribution in [1.82, 2.24) is 9.88 Å². The third kappa shape index (κ3) is 2.41. The highest BCUT2D eigenvalue weighted by atomic mass is 19.1. The van der Waals surface area contributed by atoms with Crippen molar-refractivity contribution in [2.24, 2.45) is 0 Å². The predicted octanol–water partition coefficient (Wildman–Crippen LogP) is 3.46. The van der Waals surface area contributed by atoms with E-state index in [0.29, 0.717) is 17.9 Å². The normalized spacial score (nSPS) is 20.2. The molecule has 158 valence electrons. The number of nitro benzene ring substituents is 1. The van der Waals surface area contributed by atoms with Crippen molar-refractivity contribution in [3.63, 3.8) is 0 Å². The summed E-state index contributed by atoms with van der Waals surface area (Å²) in [5.74, 6) is -0.919. The van der Waals surface area contributed by atoms with Crippen LogP contribution in [0.2, 0.25) is 0 Å². The number of H-pyrrole nitrogens is 1. The lowest BCUT2D eigenvalue weighted by Crippen LogP contribution is -2.49. The summed E-state index contributed by atoms with van der Waals surface area (Å²) in [7, 11) is 1.57. The number of hydrogen-bond acceptors (Lipinski definition) is 5. The molecule has 0 saturated carbocycles. The van der Waals surface area contributed by atoms with Crippen LogP contribution in [0.5, 0.6) is 5.75 Å². The van der Waals surface area contributed by atoms with Crippen LogP contribution in [-0.4, -0.2) is 40.4 Å². The van der Waals surface area contributed by atoms with E-state index in [-0.39, 0.29) is 12.2 Å². The Morgan fingerprint density at radius 3 is 2.71 bits per heavy atom. The summed E-state index contributed by atoms with van der Waals surface area (Å²) in [5.41, 5.74) is 0.162. The second-order valence-corrected chi connectivity index (χ2v) is 7.68. The predicted molar refractivity (Wildman–Crippen MR) is 109 cm³/mol. The molecule has 2 aliphatic rings. The molecule has 1 N–H and O–H groups in total. The second-order valence-electron chi connectivity index (χ2n) is 7.68. The van der Waals surface area contributed by atoms with Crippen LogP contribution in [0.4, 0.5) is 20.6 Å². The SMILES string of the molecule is COc1ccc2[nH]c3c(c2c1)CCN1C(=O)N(c2ccc(F)c([N+](=O)[O-])c2)C(=O)[C@@]31C. The van der Waals surface area contributed by atoms with Gasteiger partial charge in [0.2, 0.25) is 5.82 Å². The Kier molecular flexibility index (Phi) is 3.85. The maximum atomic E-state index is 13.8. The van der Waals surface area contributed by atoms with E-state index in [1.54, 1.807) is 20.1 Å². The van der Waals surface area contributed by atoms with E-state index in [2.05, 4.69) is 4.98 Å². The number of urea groups is 1. The molecule has 1 atom stereocenters. The van der Waals surface area contributed by atoms with E-state index in [1.807, 2.05) is 12.1 Å². The summed E-state index contributed by atoms with van der Waals surface area (Å²) >= 11 is 0. The van der Waals surface area contributed by atoms with Gasteiger partial charge in [0, 0.05) is 23.5 Å². The summed E-state index contributed by atoms with van der Waals surface area (Å²) in [5, 5.41) is 12.0. The van der Waals surface area contributed by atoms with Crippen LogP contribution in [0.15, 0.2) is 36.4 Å². The van der Waals surface area contributed by atoms with Crippen LogP contribution in [0.25, 0.3) is 10.9 Å². The summed E-state index contributed by atoms with van der Waals surface area (Å²) in [4.78, 5) is 42.6. The van der Waals surface area contributed by atoms with Gasteiger partial charge in [-0.05, 0) is 49.2 Å². The quantitative estimate of drug-likeness (QED) is 0.393. The van der Waals surface area contributed by atoms with Crippen LogP contribution in [0, 0.1) is 15.9 Å². The molecular weight excluding hydrogens is 407 g/mol. The number of carbonyl (C=O) groups excluding carboxylic acids is 2.